The summed E-state index contributed by atoms with van der Waals surface area (Å²) in [6, 6.07) is 1.28. The topological polar surface area (TPSA) is 24.1 Å². The first-order valence-corrected chi connectivity index (χ1v) is 4.65. The van der Waals surface area contributed by atoms with Crippen LogP contribution in [0.3, 0.4) is 0 Å². The molecular formula is C9H22N2. The van der Waals surface area contributed by atoms with E-state index >= 15 is 0 Å². The van der Waals surface area contributed by atoms with Gasteiger partial charge in [-0.15, -0.1) is 0 Å². The number of nitrogens with one attached hydrogen (secondary N) is 2. The van der Waals surface area contributed by atoms with Gasteiger partial charge >= 0.3 is 0 Å². The summed E-state index contributed by atoms with van der Waals surface area (Å²) in [5.41, 5.74) is 0. The van der Waals surface area contributed by atoms with Crippen molar-refractivity contribution >= 4 is 0 Å². The quantitative estimate of drug-likeness (QED) is 0.610. The van der Waals surface area contributed by atoms with Gasteiger partial charge in [-0.3, -0.25) is 0 Å². The Labute approximate surface area is 70.8 Å². The Bertz CT molecular complexity index is 79.6. The maximum Gasteiger partial charge on any atom is 0.0161 e. The molecule has 11 heavy (non-hydrogen) atoms. The Morgan fingerprint density at radius 1 is 1.18 bits per heavy atom. The second-order valence-corrected chi connectivity index (χ2v) is 3.11. The minimum Gasteiger partial charge on any atom is -0.316 e. The van der Waals surface area contributed by atoms with Gasteiger partial charge in [-0.1, -0.05) is 13.8 Å². The van der Waals surface area contributed by atoms with Crippen LogP contribution in [0.15, 0.2) is 0 Å². The number of rotatable bonds is 6. The molecule has 0 saturated heterocycles. The third-order valence-corrected chi connectivity index (χ3v) is 2.19. The van der Waals surface area contributed by atoms with Crippen LogP contribution >= 0.6 is 0 Å². The van der Waals surface area contributed by atoms with Gasteiger partial charge in [-0.05, 0) is 26.8 Å². The minimum atomic E-state index is 0.579. The molecule has 0 aliphatic heterocycles. The summed E-state index contributed by atoms with van der Waals surface area (Å²) in [5.74, 6) is 0. The molecule has 0 aliphatic carbocycles. The molecule has 2 nitrogen and oxygen atoms in total. The fourth-order valence-corrected chi connectivity index (χ4v) is 1.02. The number of hydrogen-bond acceptors (Lipinski definition) is 2. The van der Waals surface area contributed by atoms with Crippen molar-refractivity contribution in [1.29, 1.82) is 0 Å². The first kappa shape index (κ1) is 10.9. The van der Waals surface area contributed by atoms with Crippen LogP contribution in [0.1, 0.15) is 33.6 Å². The van der Waals surface area contributed by atoms with Crippen LogP contribution in [0.4, 0.5) is 0 Å². The zero-order chi connectivity index (χ0) is 8.69. The van der Waals surface area contributed by atoms with Crippen LogP contribution in [0, 0.1) is 0 Å². The van der Waals surface area contributed by atoms with Crippen molar-refractivity contribution in [3.8, 4) is 0 Å². The first-order valence-electron chi connectivity index (χ1n) is 4.65. The van der Waals surface area contributed by atoms with Crippen molar-refractivity contribution in [1.82, 2.24) is 10.6 Å². The molecule has 0 heterocycles. The largest absolute Gasteiger partial charge is 0.316 e. The van der Waals surface area contributed by atoms with E-state index in [9.17, 15) is 0 Å². The standard InChI is InChI=1S/C9H22N2/c1-5-9(6-2)11-7-8(3)10-4/h8-11H,5-7H2,1-4H3. The monoisotopic (exact) mass is 158 g/mol. The Hall–Kier alpha value is -0.0800. The predicted molar refractivity (Wildman–Crippen MR) is 50.9 cm³/mol. The highest BCUT2D eigenvalue weighted by atomic mass is 15.0. The molecule has 0 radical (unpaired) electrons. The summed E-state index contributed by atoms with van der Waals surface area (Å²) >= 11 is 0. The van der Waals surface area contributed by atoms with Crippen LogP contribution in [0.25, 0.3) is 0 Å². The molecule has 0 aliphatic rings. The lowest BCUT2D eigenvalue weighted by molar-refractivity contribution is 0.444. The molecular weight excluding hydrogens is 136 g/mol. The van der Waals surface area contributed by atoms with E-state index in [1.807, 2.05) is 7.05 Å². The first-order chi connectivity index (χ1) is 5.24. The van der Waals surface area contributed by atoms with Gasteiger partial charge < -0.3 is 10.6 Å². The zero-order valence-corrected chi connectivity index (χ0v) is 8.28. The smallest absolute Gasteiger partial charge is 0.0161 e. The van der Waals surface area contributed by atoms with Crippen molar-refractivity contribution in [2.24, 2.45) is 0 Å². The third-order valence-electron chi connectivity index (χ3n) is 2.19. The molecule has 1 atom stereocenters. The average Bonchev–Trinajstić information content (AvgIpc) is 2.06. The molecule has 68 valence electrons. The fraction of sp³-hybridized carbons (Fsp3) is 1.00. The van der Waals surface area contributed by atoms with Crippen molar-refractivity contribution in [3.63, 3.8) is 0 Å². The molecule has 0 aromatic heterocycles. The van der Waals surface area contributed by atoms with Crippen LogP contribution in [0.2, 0.25) is 0 Å². The maximum absolute atomic E-state index is 3.51. The molecule has 2 heteroatoms. The lowest BCUT2D eigenvalue weighted by atomic mass is 10.1. The van der Waals surface area contributed by atoms with E-state index in [0.717, 1.165) is 6.54 Å². The molecule has 0 aromatic carbocycles. The molecule has 0 saturated carbocycles. The van der Waals surface area contributed by atoms with E-state index < -0.39 is 0 Å². The van der Waals surface area contributed by atoms with Crippen molar-refractivity contribution in [3.05, 3.63) is 0 Å². The fourth-order valence-electron chi connectivity index (χ4n) is 1.02. The lowest BCUT2D eigenvalue weighted by Crippen LogP contribution is -2.38. The average molecular weight is 158 g/mol. The number of hydrogen-bond donors (Lipinski definition) is 2. The van der Waals surface area contributed by atoms with Gasteiger partial charge in [0.1, 0.15) is 0 Å². The normalized spacial score (nSPS) is 13.9. The molecule has 0 fully saturated rings. The van der Waals surface area contributed by atoms with Crippen molar-refractivity contribution in [2.45, 2.75) is 45.7 Å². The van der Waals surface area contributed by atoms with E-state index in [4.69, 9.17) is 0 Å². The Kier molecular flexibility index (Phi) is 6.57. The second-order valence-electron chi connectivity index (χ2n) is 3.11. The second kappa shape index (κ2) is 6.62. The summed E-state index contributed by atoms with van der Waals surface area (Å²) < 4.78 is 0. The molecule has 0 amide bonds. The van der Waals surface area contributed by atoms with Gasteiger partial charge in [0.2, 0.25) is 0 Å². The highest BCUT2D eigenvalue weighted by Crippen LogP contribution is 1.95. The lowest BCUT2D eigenvalue weighted by Gasteiger charge is -2.17. The van der Waals surface area contributed by atoms with Gasteiger partial charge in [0.05, 0.1) is 0 Å². The van der Waals surface area contributed by atoms with E-state index in [1.54, 1.807) is 0 Å². The minimum absolute atomic E-state index is 0.579. The van der Waals surface area contributed by atoms with Crippen LogP contribution < -0.4 is 10.6 Å². The van der Waals surface area contributed by atoms with E-state index in [2.05, 4.69) is 31.4 Å². The van der Waals surface area contributed by atoms with E-state index in [0.29, 0.717) is 12.1 Å². The van der Waals surface area contributed by atoms with Crippen LogP contribution in [-0.4, -0.2) is 25.7 Å². The Morgan fingerprint density at radius 2 is 1.73 bits per heavy atom. The van der Waals surface area contributed by atoms with Crippen molar-refractivity contribution in [2.75, 3.05) is 13.6 Å². The van der Waals surface area contributed by atoms with Gasteiger partial charge in [-0.2, -0.15) is 0 Å². The summed E-state index contributed by atoms with van der Waals surface area (Å²) in [4.78, 5) is 0. The Morgan fingerprint density at radius 3 is 2.09 bits per heavy atom. The highest BCUT2D eigenvalue weighted by molar-refractivity contribution is 4.67. The van der Waals surface area contributed by atoms with Crippen molar-refractivity contribution < 1.29 is 0 Å². The SMILES string of the molecule is CCC(CC)NCC(C)NC. The summed E-state index contributed by atoms with van der Waals surface area (Å²) in [6.45, 7) is 7.72. The number of likely N-dealkylation sites (N-methyl/N-ethyl adjacent to an activating group) is 1. The van der Waals surface area contributed by atoms with Crippen LogP contribution in [0.5, 0.6) is 0 Å². The summed E-state index contributed by atoms with van der Waals surface area (Å²) in [7, 11) is 2.00. The maximum atomic E-state index is 3.51. The summed E-state index contributed by atoms with van der Waals surface area (Å²) in [5, 5.41) is 6.71. The predicted octanol–water partition coefficient (Wildman–Crippen LogP) is 1.37. The van der Waals surface area contributed by atoms with E-state index in [-0.39, 0.29) is 0 Å². The highest BCUT2D eigenvalue weighted by Gasteiger charge is 2.03. The molecule has 0 bridgehead atoms. The third kappa shape index (κ3) is 5.22. The zero-order valence-electron chi connectivity index (χ0n) is 8.28. The van der Waals surface area contributed by atoms with E-state index in [1.165, 1.54) is 12.8 Å². The molecule has 0 spiro atoms. The summed E-state index contributed by atoms with van der Waals surface area (Å²) in [6.07, 6.45) is 2.46. The van der Waals surface area contributed by atoms with Gasteiger partial charge in [0.15, 0.2) is 0 Å². The molecule has 2 N–H and O–H groups in total. The van der Waals surface area contributed by atoms with Gasteiger partial charge in [0, 0.05) is 18.6 Å². The molecule has 0 rings (SSSR count). The van der Waals surface area contributed by atoms with Crippen LogP contribution in [-0.2, 0) is 0 Å². The molecule has 0 aromatic rings. The Balaban J connectivity index is 3.34. The van der Waals surface area contributed by atoms with Gasteiger partial charge in [-0.25, -0.2) is 0 Å². The molecule has 1 unspecified atom stereocenters. The van der Waals surface area contributed by atoms with Gasteiger partial charge in [0.25, 0.3) is 0 Å².